The van der Waals surface area contributed by atoms with Gasteiger partial charge in [0, 0.05) is 34.5 Å². The first kappa shape index (κ1) is 17.9. The summed E-state index contributed by atoms with van der Waals surface area (Å²) < 4.78 is 0.854. The Labute approximate surface area is 161 Å². The van der Waals surface area contributed by atoms with Crippen LogP contribution in [-0.2, 0) is 0 Å². The van der Waals surface area contributed by atoms with Gasteiger partial charge in [-0.3, -0.25) is 10.1 Å². The number of hydrogen-bond acceptors (Lipinski definition) is 3. The lowest BCUT2D eigenvalue weighted by atomic mass is 10.1. The Hall–Kier alpha value is -1.92. The topological polar surface area (TPSA) is 44.4 Å². The van der Waals surface area contributed by atoms with Gasteiger partial charge in [-0.2, -0.15) is 0 Å². The first-order valence-electron chi connectivity index (χ1n) is 8.35. The molecule has 0 unspecified atom stereocenters. The molecular formula is C19H20BrN3OS. The van der Waals surface area contributed by atoms with Crippen molar-refractivity contribution in [2.45, 2.75) is 19.3 Å². The zero-order chi connectivity index (χ0) is 17.6. The molecule has 4 nitrogen and oxygen atoms in total. The molecule has 1 fully saturated rings. The molecule has 0 saturated carbocycles. The van der Waals surface area contributed by atoms with Gasteiger partial charge >= 0.3 is 0 Å². The van der Waals surface area contributed by atoms with Crippen molar-refractivity contribution in [1.82, 2.24) is 5.32 Å². The highest BCUT2D eigenvalue weighted by Crippen LogP contribution is 2.21. The van der Waals surface area contributed by atoms with Crippen LogP contribution in [0.15, 0.2) is 53.0 Å². The second-order valence-corrected chi connectivity index (χ2v) is 7.34. The van der Waals surface area contributed by atoms with Crippen molar-refractivity contribution in [2.24, 2.45) is 0 Å². The largest absolute Gasteiger partial charge is 0.372 e. The molecule has 0 aromatic heterocycles. The average Bonchev–Trinajstić information content (AvgIpc) is 2.63. The highest BCUT2D eigenvalue weighted by atomic mass is 79.9. The Balaban J connectivity index is 1.56. The van der Waals surface area contributed by atoms with Crippen LogP contribution in [0.3, 0.4) is 0 Å². The molecule has 0 atom stereocenters. The number of rotatable bonds is 3. The third-order valence-corrected chi connectivity index (χ3v) is 4.86. The predicted molar refractivity (Wildman–Crippen MR) is 110 cm³/mol. The van der Waals surface area contributed by atoms with Crippen molar-refractivity contribution in [1.29, 1.82) is 0 Å². The van der Waals surface area contributed by atoms with Crippen LogP contribution >= 0.6 is 28.1 Å². The van der Waals surface area contributed by atoms with Crippen LogP contribution in [0.1, 0.15) is 29.6 Å². The molecule has 1 heterocycles. The van der Waals surface area contributed by atoms with Gasteiger partial charge < -0.3 is 10.2 Å². The summed E-state index contributed by atoms with van der Waals surface area (Å²) in [5.74, 6) is -0.233. The second-order valence-electron chi connectivity index (χ2n) is 6.01. The van der Waals surface area contributed by atoms with Crippen LogP contribution in [0, 0.1) is 0 Å². The lowest BCUT2D eigenvalue weighted by molar-refractivity contribution is 0.0977. The zero-order valence-electron chi connectivity index (χ0n) is 13.8. The first-order valence-corrected chi connectivity index (χ1v) is 9.55. The molecule has 130 valence electrons. The summed E-state index contributed by atoms with van der Waals surface area (Å²) in [5.41, 5.74) is 2.65. The van der Waals surface area contributed by atoms with Gasteiger partial charge in [0.25, 0.3) is 5.91 Å². The smallest absolute Gasteiger partial charge is 0.257 e. The Kier molecular flexibility index (Phi) is 6.04. The van der Waals surface area contributed by atoms with Crippen molar-refractivity contribution >= 4 is 50.5 Å². The summed E-state index contributed by atoms with van der Waals surface area (Å²) in [6.07, 6.45) is 3.83. The van der Waals surface area contributed by atoms with Gasteiger partial charge in [-0.05, 0) is 73.9 Å². The molecule has 25 heavy (non-hydrogen) atoms. The van der Waals surface area contributed by atoms with E-state index in [2.05, 4.69) is 43.6 Å². The number of nitrogens with zero attached hydrogens (tertiary/aromatic N) is 1. The summed E-state index contributed by atoms with van der Waals surface area (Å²) in [4.78, 5) is 14.6. The van der Waals surface area contributed by atoms with Crippen LogP contribution in [0.2, 0.25) is 0 Å². The van der Waals surface area contributed by atoms with Gasteiger partial charge in [0.2, 0.25) is 0 Å². The minimum atomic E-state index is -0.233. The SMILES string of the molecule is O=C(NC(=S)Nc1ccc(N2CCCCC2)cc1)c1cccc(Br)c1. The fourth-order valence-corrected chi connectivity index (χ4v) is 3.48. The van der Waals surface area contributed by atoms with E-state index in [-0.39, 0.29) is 11.0 Å². The molecule has 0 aliphatic carbocycles. The number of carbonyl (C=O) groups excluding carboxylic acids is 1. The number of halogens is 1. The fraction of sp³-hybridized carbons (Fsp3) is 0.263. The molecular weight excluding hydrogens is 398 g/mol. The number of nitrogens with one attached hydrogen (secondary N) is 2. The van der Waals surface area contributed by atoms with Crippen molar-refractivity contribution in [3.63, 3.8) is 0 Å². The Morgan fingerprint density at radius 3 is 2.44 bits per heavy atom. The monoisotopic (exact) mass is 417 g/mol. The number of carbonyl (C=O) groups is 1. The number of anilines is 2. The molecule has 2 N–H and O–H groups in total. The van der Waals surface area contributed by atoms with E-state index in [1.807, 2.05) is 24.3 Å². The molecule has 0 bridgehead atoms. The normalized spacial score (nSPS) is 14.0. The zero-order valence-corrected chi connectivity index (χ0v) is 16.2. The second kappa shape index (κ2) is 8.45. The summed E-state index contributed by atoms with van der Waals surface area (Å²) in [5, 5.41) is 6.04. The summed E-state index contributed by atoms with van der Waals surface area (Å²) in [7, 11) is 0. The van der Waals surface area contributed by atoms with Crippen LogP contribution in [0.4, 0.5) is 11.4 Å². The molecule has 2 aromatic carbocycles. The van der Waals surface area contributed by atoms with Crippen molar-refractivity contribution in [3.05, 3.63) is 58.6 Å². The summed E-state index contributed by atoms with van der Waals surface area (Å²) >= 11 is 8.60. The van der Waals surface area contributed by atoms with Crippen molar-refractivity contribution in [3.8, 4) is 0 Å². The van der Waals surface area contributed by atoms with E-state index >= 15 is 0 Å². The Morgan fingerprint density at radius 2 is 1.76 bits per heavy atom. The fourth-order valence-electron chi connectivity index (χ4n) is 2.88. The maximum atomic E-state index is 12.2. The number of thiocarbonyl (C=S) groups is 1. The molecule has 1 saturated heterocycles. The molecule has 1 aliphatic rings. The van der Waals surface area contributed by atoms with Crippen LogP contribution in [0.25, 0.3) is 0 Å². The standard InChI is InChI=1S/C19H20BrN3OS/c20-15-6-4-5-14(13-15)18(24)22-19(25)21-16-7-9-17(10-8-16)23-11-2-1-3-12-23/h4-10,13H,1-3,11-12H2,(H2,21,22,24,25). The van der Waals surface area contributed by atoms with E-state index in [9.17, 15) is 4.79 Å². The minimum absolute atomic E-state index is 0.233. The van der Waals surface area contributed by atoms with Crippen LogP contribution in [-0.4, -0.2) is 24.1 Å². The van der Waals surface area contributed by atoms with Crippen molar-refractivity contribution < 1.29 is 4.79 Å². The molecule has 2 aromatic rings. The summed E-state index contributed by atoms with van der Waals surface area (Å²) in [6.45, 7) is 2.24. The van der Waals surface area contributed by atoms with Crippen LogP contribution < -0.4 is 15.5 Å². The maximum absolute atomic E-state index is 12.2. The van der Waals surface area contributed by atoms with Gasteiger partial charge in [0.05, 0.1) is 0 Å². The van der Waals surface area contributed by atoms with Crippen LogP contribution in [0.5, 0.6) is 0 Å². The molecule has 0 spiro atoms. The lowest BCUT2D eigenvalue weighted by Crippen LogP contribution is -2.34. The van der Waals surface area contributed by atoms with E-state index in [0.717, 1.165) is 23.2 Å². The first-order chi connectivity index (χ1) is 12.1. The number of hydrogen-bond donors (Lipinski definition) is 2. The summed E-state index contributed by atoms with van der Waals surface area (Å²) in [6, 6.07) is 15.3. The third-order valence-electron chi connectivity index (χ3n) is 4.16. The molecule has 1 aliphatic heterocycles. The van der Waals surface area contributed by atoms with E-state index in [0.29, 0.717) is 5.56 Å². The Morgan fingerprint density at radius 1 is 1.04 bits per heavy atom. The van der Waals surface area contributed by atoms with E-state index < -0.39 is 0 Å². The van der Waals surface area contributed by atoms with Gasteiger partial charge in [-0.15, -0.1) is 0 Å². The van der Waals surface area contributed by atoms with E-state index in [1.165, 1.54) is 24.9 Å². The van der Waals surface area contributed by atoms with E-state index in [1.54, 1.807) is 12.1 Å². The number of piperidine rings is 1. The third kappa shape index (κ3) is 5.03. The quantitative estimate of drug-likeness (QED) is 0.717. The molecule has 6 heteroatoms. The highest BCUT2D eigenvalue weighted by molar-refractivity contribution is 9.10. The van der Waals surface area contributed by atoms with Gasteiger partial charge in [0.1, 0.15) is 0 Å². The number of benzene rings is 2. The van der Waals surface area contributed by atoms with Gasteiger partial charge in [0.15, 0.2) is 5.11 Å². The minimum Gasteiger partial charge on any atom is -0.372 e. The maximum Gasteiger partial charge on any atom is 0.257 e. The number of amides is 1. The molecule has 3 rings (SSSR count). The highest BCUT2D eigenvalue weighted by Gasteiger charge is 2.11. The van der Waals surface area contributed by atoms with Gasteiger partial charge in [-0.25, -0.2) is 0 Å². The van der Waals surface area contributed by atoms with Gasteiger partial charge in [-0.1, -0.05) is 22.0 Å². The average molecular weight is 418 g/mol. The van der Waals surface area contributed by atoms with Crippen molar-refractivity contribution in [2.75, 3.05) is 23.3 Å². The molecule has 0 radical (unpaired) electrons. The lowest BCUT2D eigenvalue weighted by Gasteiger charge is -2.28. The Bertz CT molecular complexity index is 758. The molecule has 1 amide bonds. The predicted octanol–water partition coefficient (Wildman–Crippen LogP) is 4.57. The van der Waals surface area contributed by atoms with E-state index in [4.69, 9.17) is 12.2 Å².